The van der Waals surface area contributed by atoms with E-state index in [0.29, 0.717) is 10.3 Å². The van der Waals surface area contributed by atoms with E-state index in [1.54, 1.807) is 18.0 Å². The van der Waals surface area contributed by atoms with Gasteiger partial charge in [0.1, 0.15) is 4.21 Å². The second-order valence-corrected chi connectivity index (χ2v) is 10.2. The fourth-order valence-electron chi connectivity index (χ4n) is 2.81. The lowest BCUT2D eigenvalue weighted by Gasteiger charge is -2.34. The van der Waals surface area contributed by atoms with Gasteiger partial charge in [-0.15, -0.1) is 11.3 Å². The first kappa shape index (κ1) is 18.7. The lowest BCUT2D eigenvalue weighted by molar-refractivity contribution is -0.132. The average molecular weight is 379 g/mol. The number of hydrogen-bond acceptors (Lipinski definition) is 4. The van der Waals surface area contributed by atoms with Crippen LogP contribution in [0, 0.1) is 5.92 Å². The third-order valence-corrected chi connectivity index (χ3v) is 8.00. The van der Waals surface area contributed by atoms with Gasteiger partial charge in [-0.2, -0.15) is 4.31 Å². The van der Waals surface area contributed by atoms with Gasteiger partial charge in [0.15, 0.2) is 0 Å². The molecule has 0 aromatic carbocycles. The number of sulfonamides is 1. The van der Waals surface area contributed by atoms with Gasteiger partial charge in [0.2, 0.25) is 5.91 Å². The number of rotatable bonds is 5. The van der Waals surface area contributed by atoms with Crippen LogP contribution in [-0.2, 0) is 14.8 Å². The van der Waals surface area contributed by atoms with Crippen LogP contribution >= 0.6 is 22.9 Å². The number of halogens is 1. The second-order valence-electron chi connectivity index (χ2n) is 6.24. The van der Waals surface area contributed by atoms with Crippen LogP contribution in [0.3, 0.4) is 0 Å². The minimum atomic E-state index is -3.67. The molecule has 1 amide bonds. The van der Waals surface area contributed by atoms with E-state index in [-0.39, 0.29) is 22.7 Å². The number of thiophene rings is 1. The Bertz CT molecular complexity index is 651. The van der Waals surface area contributed by atoms with Crippen LogP contribution in [0.5, 0.6) is 0 Å². The maximum absolute atomic E-state index is 12.4. The number of hydrogen-bond donors (Lipinski definition) is 0. The Balaban J connectivity index is 1.99. The minimum absolute atomic E-state index is 0.152. The van der Waals surface area contributed by atoms with E-state index < -0.39 is 10.0 Å². The Morgan fingerprint density at radius 3 is 2.39 bits per heavy atom. The lowest BCUT2D eigenvalue weighted by Crippen LogP contribution is -2.44. The van der Waals surface area contributed by atoms with Gasteiger partial charge in [0.05, 0.1) is 10.9 Å². The van der Waals surface area contributed by atoms with Gasteiger partial charge in [-0.1, -0.05) is 18.5 Å². The second kappa shape index (κ2) is 7.51. The fraction of sp³-hybridized carbons (Fsp3) is 0.667. The Morgan fingerprint density at radius 2 is 1.87 bits per heavy atom. The maximum atomic E-state index is 12.4. The smallest absolute Gasteiger partial charge is 0.252 e. The summed E-state index contributed by atoms with van der Waals surface area (Å²) in [4.78, 5) is 14.1. The van der Waals surface area contributed by atoms with Crippen molar-refractivity contribution in [2.75, 3.05) is 20.6 Å². The molecule has 130 valence electrons. The van der Waals surface area contributed by atoms with Gasteiger partial charge >= 0.3 is 0 Å². The van der Waals surface area contributed by atoms with Crippen LogP contribution in [0.15, 0.2) is 16.3 Å². The Hall–Kier alpha value is -0.630. The predicted octanol–water partition coefficient (Wildman–Crippen LogP) is 3.06. The maximum Gasteiger partial charge on any atom is 0.252 e. The highest BCUT2D eigenvalue weighted by atomic mass is 35.5. The molecule has 2 rings (SSSR count). The lowest BCUT2D eigenvalue weighted by atomic mass is 9.87. The van der Waals surface area contributed by atoms with Crippen molar-refractivity contribution in [2.24, 2.45) is 5.92 Å². The molecule has 0 radical (unpaired) electrons. The summed E-state index contributed by atoms with van der Waals surface area (Å²) in [6.07, 6.45) is 4.20. The van der Waals surface area contributed by atoms with Crippen LogP contribution in [-0.4, -0.2) is 50.2 Å². The third-order valence-electron chi connectivity index (χ3n) is 4.50. The van der Waals surface area contributed by atoms with E-state index in [4.69, 9.17) is 11.6 Å². The van der Waals surface area contributed by atoms with Crippen molar-refractivity contribution in [3.8, 4) is 0 Å². The first-order chi connectivity index (χ1) is 10.7. The van der Waals surface area contributed by atoms with Crippen molar-refractivity contribution >= 4 is 38.9 Å². The topological polar surface area (TPSA) is 57.7 Å². The molecule has 1 fully saturated rings. The molecule has 1 aliphatic carbocycles. The summed E-state index contributed by atoms with van der Waals surface area (Å²) in [5.41, 5.74) is 0. The molecule has 1 saturated carbocycles. The molecule has 1 aromatic heterocycles. The summed E-state index contributed by atoms with van der Waals surface area (Å²) in [6, 6.07) is 3.23. The van der Waals surface area contributed by atoms with Crippen LogP contribution in [0.1, 0.15) is 32.6 Å². The molecule has 0 aliphatic heterocycles. The average Bonchev–Trinajstić information content (AvgIpc) is 2.94. The molecule has 5 nitrogen and oxygen atoms in total. The summed E-state index contributed by atoms with van der Waals surface area (Å²) >= 11 is 6.80. The molecule has 0 unspecified atom stereocenters. The Labute approximate surface area is 147 Å². The highest BCUT2D eigenvalue weighted by Gasteiger charge is 2.29. The molecule has 0 N–H and O–H groups in total. The van der Waals surface area contributed by atoms with E-state index in [2.05, 4.69) is 6.92 Å². The van der Waals surface area contributed by atoms with Crippen LogP contribution in [0.4, 0.5) is 0 Å². The summed E-state index contributed by atoms with van der Waals surface area (Å²) in [6.45, 7) is 2.07. The molecule has 0 atom stereocenters. The zero-order valence-corrected chi connectivity index (χ0v) is 16.0. The monoisotopic (exact) mass is 378 g/mol. The van der Waals surface area contributed by atoms with Crippen molar-refractivity contribution < 1.29 is 13.2 Å². The standard InChI is InChI=1S/C15H23ClN2O3S2/c1-11-4-6-12(7-5-11)18(3)14(19)10-17(2)23(20,21)15-9-8-13(16)22-15/h8-9,11-12H,4-7,10H2,1-3H3. The number of carbonyl (C=O) groups is 1. The predicted molar refractivity (Wildman–Crippen MR) is 93.3 cm³/mol. The van der Waals surface area contributed by atoms with Gasteiger partial charge in [0.25, 0.3) is 10.0 Å². The van der Waals surface area contributed by atoms with Gasteiger partial charge in [0, 0.05) is 20.1 Å². The van der Waals surface area contributed by atoms with E-state index >= 15 is 0 Å². The first-order valence-corrected chi connectivity index (χ1v) is 10.3. The van der Waals surface area contributed by atoms with Gasteiger partial charge < -0.3 is 4.90 Å². The van der Waals surface area contributed by atoms with Crippen molar-refractivity contribution in [1.29, 1.82) is 0 Å². The van der Waals surface area contributed by atoms with E-state index in [1.165, 1.54) is 13.1 Å². The van der Waals surface area contributed by atoms with Crippen molar-refractivity contribution in [3.63, 3.8) is 0 Å². The number of nitrogens with zero attached hydrogens (tertiary/aromatic N) is 2. The highest BCUT2D eigenvalue weighted by Crippen LogP contribution is 2.28. The summed E-state index contributed by atoms with van der Waals surface area (Å²) < 4.78 is 26.5. The largest absolute Gasteiger partial charge is 0.342 e. The van der Waals surface area contributed by atoms with Crippen LogP contribution in [0.2, 0.25) is 4.34 Å². The molecule has 1 heterocycles. The zero-order valence-electron chi connectivity index (χ0n) is 13.7. The third kappa shape index (κ3) is 4.47. The molecule has 23 heavy (non-hydrogen) atoms. The number of carbonyl (C=O) groups excluding carboxylic acids is 1. The Morgan fingerprint density at radius 1 is 1.26 bits per heavy atom. The number of likely N-dealkylation sites (N-methyl/N-ethyl adjacent to an activating group) is 2. The molecule has 1 aliphatic rings. The number of amides is 1. The van der Waals surface area contributed by atoms with Crippen molar-refractivity contribution in [2.45, 2.75) is 42.9 Å². The first-order valence-electron chi connectivity index (χ1n) is 7.69. The molecule has 0 bridgehead atoms. The SMILES string of the molecule is CC1CCC(N(C)C(=O)CN(C)S(=O)(=O)c2ccc(Cl)s2)CC1. The van der Waals surface area contributed by atoms with E-state index in [1.807, 2.05) is 0 Å². The Kier molecular flexibility index (Phi) is 6.10. The minimum Gasteiger partial charge on any atom is -0.342 e. The molecule has 1 aromatic rings. The van der Waals surface area contributed by atoms with Crippen LogP contribution < -0.4 is 0 Å². The van der Waals surface area contributed by atoms with E-state index in [9.17, 15) is 13.2 Å². The van der Waals surface area contributed by atoms with Gasteiger partial charge in [-0.25, -0.2) is 8.42 Å². The quantitative estimate of drug-likeness (QED) is 0.791. The molecule has 8 heteroatoms. The molecule has 0 spiro atoms. The summed E-state index contributed by atoms with van der Waals surface area (Å²) in [7, 11) is -0.469. The van der Waals surface area contributed by atoms with E-state index in [0.717, 1.165) is 41.3 Å². The molecular weight excluding hydrogens is 356 g/mol. The normalized spacial score (nSPS) is 22.3. The molecule has 0 saturated heterocycles. The van der Waals surface area contributed by atoms with Crippen molar-refractivity contribution in [3.05, 3.63) is 16.5 Å². The summed E-state index contributed by atoms with van der Waals surface area (Å²) in [5, 5.41) is 0. The van der Waals surface area contributed by atoms with Gasteiger partial charge in [-0.3, -0.25) is 4.79 Å². The zero-order chi connectivity index (χ0) is 17.2. The fourth-order valence-corrected chi connectivity index (χ4v) is 5.62. The van der Waals surface area contributed by atoms with Gasteiger partial charge in [-0.05, 0) is 43.7 Å². The van der Waals surface area contributed by atoms with Crippen LogP contribution in [0.25, 0.3) is 0 Å². The summed E-state index contributed by atoms with van der Waals surface area (Å²) in [5.74, 6) is 0.541. The van der Waals surface area contributed by atoms with Crippen molar-refractivity contribution in [1.82, 2.24) is 9.21 Å². The molecular formula is C15H23ClN2O3S2. The highest BCUT2D eigenvalue weighted by molar-refractivity contribution is 7.91.